The highest BCUT2D eigenvalue weighted by Gasteiger charge is 2.27. The van der Waals surface area contributed by atoms with Crippen LogP contribution in [-0.4, -0.2) is 49.7 Å². The van der Waals surface area contributed by atoms with E-state index in [1.807, 2.05) is 30.5 Å². The lowest BCUT2D eigenvalue weighted by molar-refractivity contribution is -0.141. The van der Waals surface area contributed by atoms with Gasteiger partial charge in [-0.1, -0.05) is 24.3 Å². The third-order valence-electron chi connectivity index (χ3n) is 7.68. The normalized spacial score (nSPS) is 16.6. The van der Waals surface area contributed by atoms with Crippen LogP contribution in [0.15, 0.2) is 66.9 Å². The molecular weight excluding hydrogens is 464 g/mol. The fraction of sp³-hybridized carbons (Fsp3) is 0.355. The molecule has 0 bridgehead atoms. The number of benzene rings is 2. The van der Waals surface area contributed by atoms with Crippen LogP contribution in [0.2, 0.25) is 0 Å². The largest absolute Gasteiger partial charge is 0.478 e. The van der Waals surface area contributed by atoms with Gasteiger partial charge in [0.1, 0.15) is 0 Å². The minimum atomic E-state index is -0.891. The Bertz CT molecular complexity index is 1260. The number of methoxy groups -OCH3 is 2. The molecule has 6 nitrogen and oxygen atoms in total. The van der Waals surface area contributed by atoms with Crippen molar-refractivity contribution >= 4 is 22.8 Å². The van der Waals surface area contributed by atoms with E-state index >= 15 is 0 Å². The van der Waals surface area contributed by atoms with E-state index < -0.39 is 5.97 Å². The van der Waals surface area contributed by atoms with Crippen LogP contribution in [0.1, 0.15) is 58.4 Å². The number of carboxylic acid groups (broad SMARTS) is 1. The fourth-order valence-corrected chi connectivity index (χ4v) is 5.80. The quantitative estimate of drug-likeness (QED) is 0.408. The Hall–Kier alpha value is -3.48. The second kappa shape index (κ2) is 11.3. The number of rotatable bonds is 7. The Kier molecular flexibility index (Phi) is 7.68. The summed E-state index contributed by atoms with van der Waals surface area (Å²) in [5.41, 5.74) is 8.19. The Morgan fingerprint density at radius 2 is 1.76 bits per heavy atom. The highest BCUT2D eigenvalue weighted by atomic mass is 16.7. The number of ether oxygens (including phenoxy) is 2. The molecule has 0 saturated carbocycles. The van der Waals surface area contributed by atoms with Crippen molar-refractivity contribution in [3.63, 3.8) is 0 Å². The summed E-state index contributed by atoms with van der Waals surface area (Å²) in [6.45, 7) is 1.94. The molecule has 1 N–H and O–H groups in total. The molecule has 37 heavy (non-hydrogen) atoms. The first kappa shape index (κ1) is 25.2. The van der Waals surface area contributed by atoms with E-state index in [9.17, 15) is 9.90 Å². The van der Waals surface area contributed by atoms with E-state index in [0.29, 0.717) is 11.5 Å². The molecule has 0 amide bonds. The van der Waals surface area contributed by atoms with Gasteiger partial charge in [0.2, 0.25) is 0 Å². The first-order valence-electron chi connectivity index (χ1n) is 13.0. The predicted molar refractivity (Wildman–Crippen MR) is 146 cm³/mol. The van der Waals surface area contributed by atoms with Crippen LogP contribution in [0.5, 0.6) is 0 Å². The van der Waals surface area contributed by atoms with Gasteiger partial charge in [0.15, 0.2) is 6.29 Å². The van der Waals surface area contributed by atoms with Crippen molar-refractivity contribution in [3.8, 4) is 0 Å². The van der Waals surface area contributed by atoms with Crippen molar-refractivity contribution in [2.24, 2.45) is 5.92 Å². The molecule has 1 aliphatic carbocycles. The number of anilines is 1. The van der Waals surface area contributed by atoms with E-state index in [-0.39, 0.29) is 6.29 Å². The number of aromatic nitrogens is 1. The maximum atomic E-state index is 11.6. The lowest BCUT2D eigenvalue weighted by Crippen LogP contribution is -2.39. The first-order valence-corrected chi connectivity index (χ1v) is 13.0. The molecule has 1 saturated heterocycles. The third-order valence-corrected chi connectivity index (χ3v) is 7.68. The van der Waals surface area contributed by atoms with Gasteiger partial charge < -0.3 is 19.5 Å². The van der Waals surface area contributed by atoms with Crippen molar-refractivity contribution in [1.82, 2.24) is 4.98 Å². The molecule has 1 aliphatic heterocycles. The van der Waals surface area contributed by atoms with E-state index in [2.05, 4.69) is 40.2 Å². The van der Waals surface area contributed by atoms with Crippen LogP contribution in [0, 0.1) is 5.92 Å². The van der Waals surface area contributed by atoms with Crippen molar-refractivity contribution in [3.05, 3.63) is 94.8 Å². The lowest BCUT2D eigenvalue weighted by atomic mass is 9.88. The summed E-state index contributed by atoms with van der Waals surface area (Å²) in [5, 5.41) is 9.56. The van der Waals surface area contributed by atoms with Crippen LogP contribution in [-0.2, 0) is 15.9 Å². The topological polar surface area (TPSA) is 71.9 Å². The van der Waals surface area contributed by atoms with Gasteiger partial charge in [0.05, 0.1) is 11.3 Å². The minimum absolute atomic E-state index is 0.140. The van der Waals surface area contributed by atoms with Crippen LogP contribution in [0.25, 0.3) is 11.1 Å². The van der Waals surface area contributed by atoms with E-state index in [0.717, 1.165) is 73.2 Å². The maximum absolute atomic E-state index is 11.6. The summed E-state index contributed by atoms with van der Waals surface area (Å²) in [4.78, 5) is 18.8. The molecule has 0 atom stereocenters. The van der Waals surface area contributed by atoms with E-state index in [1.165, 1.54) is 11.3 Å². The van der Waals surface area contributed by atoms with Crippen molar-refractivity contribution < 1.29 is 19.4 Å². The SMILES string of the molecule is COC(OC)C1CCN(c2ccc(C3=C(c4ccccn4)CCCc4cc(C(=O)O)ccc43)cc2)CC1. The molecule has 3 aromatic rings. The molecule has 1 aromatic heterocycles. The Labute approximate surface area is 218 Å². The molecular formula is C31H34N2O4. The van der Waals surface area contributed by atoms with Crippen LogP contribution >= 0.6 is 0 Å². The molecule has 2 aromatic carbocycles. The summed E-state index contributed by atoms with van der Waals surface area (Å²) in [7, 11) is 3.42. The monoisotopic (exact) mass is 498 g/mol. The first-order chi connectivity index (χ1) is 18.1. The number of allylic oxidation sites excluding steroid dienone is 1. The minimum Gasteiger partial charge on any atom is -0.478 e. The Morgan fingerprint density at radius 1 is 1.00 bits per heavy atom. The zero-order valence-corrected chi connectivity index (χ0v) is 21.5. The number of aryl methyl sites for hydroxylation is 1. The smallest absolute Gasteiger partial charge is 0.335 e. The standard InChI is InChI=1S/C31H34N2O4/c1-36-31(37-2)22-15-18-33(19-16-22)25-12-9-21(10-13-25)29-26-14-11-24(30(34)35)20-23(26)6-5-7-27(29)28-8-3-4-17-32-28/h3-4,8-14,17,20,22,31H,5-7,15-16,18-19H2,1-2H3,(H,34,35). The fourth-order valence-electron chi connectivity index (χ4n) is 5.80. The number of pyridine rings is 1. The summed E-state index contributed by atoms with van der Waals surface area (Å²) < 4.78 is 11.0. The summed E-state index contributed by atoms with van der Waals surface area (Å²) >= 11 is 0. The van der Waals surface area contributed by atoms with Gasteiger partial charge in [0, 0.05) is 45.1 Å². The Balaban J connectivity index is 1.49. The van der Waals surface area contributed by atoms with Crippen LogP contribution in [0.3, 0.4) is 0 Å². The molecule has 2 aliphatic rings. The molecule has 2 heterocycles. The second-order valence-electron chi connectivity index (χ2n) is 9.81. The van der Waals surface area contributed by atoms with E-state index in [1.54, 1.807) is 20.3 Å². The van der Waals surface area contributed by atoms with Gasteiger partial charge in [-0.25, -0.2) is 4.79 Å². The molecule has 1 fully saturated rings. The number of carboxylic acids is 1. The van der Waals surface area contributed by atoms with Crippen LogP contribution in [0.4, 0.5) is 5.69 Å². The summed E-state index contributed by atoms with van der Waals surface area (Å²) in [6.07, 6.45) is 6.43. The third kappa shape index (κ3) is 5.31. The lowest BCUT2D eigenvalue weighted by Gasteiger charge is -2.36. The number of hydrogen-bond acceptors (Lipinski definition) is 5. The van der Waals surface area contributed by atoms with Gasteiger partial charge in [-0.15, -0.1) is 0 Å². The van der Waals surface area contributed by atoms with Gasteiger partial charge >= 0.3 is 5.97 Å². The zero-order valence-electron chi connectivity index (χ0n) is 21.5. The molecule has 0 spiro atoms. The molecule has 0 unspecified atom stereocenters. The van der Waals surface area contributed by atoms with E-state index in [4.69, 9.17) is 9.47 Å². The number of piperidine rings is 1. The van der Waals surface area contributed by atoms with Crippen molar-refractivity contribution in [2.45, 2.75) is 38.4 Å². The average molecular weight is 499 g/mol. The molecule has 0 radical (unpaired) electrons. The van der Waals surface area contributed by atoms with Crippen LogP contribution < -0.4 is 4.90 Å². The van der Waals surface area contributed by atoms with Gasteiger partial charge in [-0.3, -0.25) is 4.98 Å². The van der Waals surface area contributed by atoms with Gasteiger partial charge in [-0.05, 0) is 96.3 Å². The molecule has 5 rings (SSSR count). The maximum Gasteiger partial charge on any atom is 0.335 e. The number of fused-ring (bicyclic) bond motifs is 1. The summed E-state index contributed by atoms with van der Waals surface area (Å²) in [5.74, 6) is -0.479. The number of nitrogens with zero attached hydrogens (tertiary/aromatic N) is 2. The second-order valence-corrected chi connectivity index (χ2v) is 9.81. The average Bonchev–Trinajstić information content (AvgIpc) is 3.14. The Morgan fingerprint density at radius 3 is 2.41 bits per heavy atom. The predicted octanol–water partition coefficient (Wildman–Crippen LogP) is 5.91. The number of hydrogen-bond donors (Lipinski definition) is 1. The zero-order chi connectivity index (χ0) is 25.8. The number of carbonyl (C=O) groups is 1. The molecule has 6 heteroatoms. The summed E-state index contributed by atoms with van der Waals surface area (Å²) in [6, 6.07) is 20.4. The van der Waals surface area contributed by atoms with Gasteiger partial charge in [-0.2, -0.15) is 0 Å². The molecule has 192 valence electrons. The van der Waals surface area contributed by atoms with Gasteiger partial charge in [0.25, 0.3) is 0 Å². The van der Waals surface area contributed by atoms with Crippen molar-refractivity contribution in [1.29, 1.82) is 0 Å². The highest BCUT2D eigenvalue weighted by molar-refractivity contribution is 6.00. The van der Waals surface area contributed by atoms with Crippen molar-refractivity contribution in [2.75, 3.05) is 32.2 Å². The number of aromatic carboxylic acids is 1. The highest BCUT2D eigenvalue weighted by Crippen LogP contribution is 2.40.